The fourth-order valence-corrected chi connectivity index (χ4v) is 2.55. The molecule has 0 spiro atoms. The summed E-state index contributed by atoms with van der Waals surface area (Å²) in [6, 6.07) is 8.38. The molecule has 1 N–H and O–H groups in total. The van der Waals surface area contributed by atoms with Gasteiger partial charge in [0.05, 0.1) is 0 Å². The Balaban J connectivity index is 1.85. The quantitative estimate of drug-likeness (QED) is 0.909. The van der Waals surface area contributed by atoms with E-state index in [1.54, 1.807) is 0 Å². The summed E-state index contributed by atoms with van der Waals surface area (Å²) in [7, 11) is 0. The van der Waals surface area contributed by atoms with Gasteiger partial charge in [-0.3, -0.25) is 0 Å². The third-order valence-electron chi connectivity index (χ3n) is 3.32. The zero-order chi connectivity index (χ0) is 12.3. The van der Waals surface area contributed by atoms with E-state index < -0.39 is 6.09 Å². The lowest BCUT2D eigenvalue weighted by atomic mass is 9.90. The standard InChI is InChI=1S/C13H16BrNO2/c14-12-3-1-10(2-4-12)9-11-5-7-15(8-6-11)13(16)17/h1-4,11H,5-9H2,(H,16,17). The average Bonchev–Trinajstić information content (AvgIpc) is 2.33. The Morgan fingerprint density at radius 3 is 2.41 bits per heavy atom. The first-order chi connectivity index (χ1) is 8.15. The Morgan fingerprint density at radius 1 is 1.29 bits per heavy atom. The summed E-state index contributed by atoms with van der Waals surface area (Å²) in [6.45, 7) is 1.35. The molecule has 0 aliphatic carbocycles. The minimum atomic E-state index is -0.785. The first-order valence-electron chi connectivity index (χ1n) is 5.87. The van der Waals surface area contributed by atoms with Gasteiger partial charge in [-0.15, -0.1) is 0 Å². The smallest absolute Gasteiger partial charge is 0.407 e. The van der Waals surface area contributed by atoms with Crippen LogP contribution in [0.2, 0.25) is 0 Å². The summed E-state index contributed by atoms with van der Waals surface area (Å²) in [5.74, 6) is 0.617. The molecule has 17 heavy (non-hydrogen) atoms. The van der Waals surface area contributed by atoms with Gasteiger partial charge in [-0.2, -0.15) is 0 Å². The Bertz CT molecular complexity index is 383. The van der Waals surface area contributed by atoms with Gasteiger partial charge in [-0.1, -0.05) is 28.1 Å². The van der Waals surface area contributed by atoms with Crippen LogP contribution < -0.4 is 0 Å². The van der Waals surface area contributed by atoms with Gasteiger partial charge in [0.25, 0.3) is 0 Å². The molecule has 1 aromatic rings. The minimum Gasteiger partial charge on any atom is -0.465 e. The highest BCUT2D eigenvalue weighted by Crippen LogP contribution is 2.22. The first-order valence-corrected chi connectivity index (χ1v) is 6.67. The maximum absolute atomic E-state index is 10.8. The van der Waals surface area contributed by atoms with Crippen molar-refractivity contribution in [3.63, 3.8) is 0 Å². The molecule has 1 aromatic carbocycles. The second-order valence-corrected chi connectivity index (χ2v) is 5.46. The highest BCUT2D eigenvalue weighted by atomic mass is 79.9. The summed E-state index contributed by atoms with van der Waals surface area (Å²) >= 11 is 3.42. The van der Waals surface area contributed by atoms with Gasteiger partial charge in [0.15, 0.2) is 0 Å². The second-order valence-electron chi connectivity index (χ2n) is 4.54. The summed E-state index contributed by atoms with van der Waals surface area (Å²) < 4.78 is 1.10. The average molecular weight is 298 g/mol. The molecule has 4 heteroatoms. The highest BCUT2D eigenvalue weighted by molar-refractivity contribution is 9.10. The van der Waals surface area contributed by atoms with Crippen LogP contribution in [0.4, 0.5) is 4.79 Å². The highest BCUT2D eigenvalue weighted by Gasteiger charge is 2.22. The molecule has 1 heterocycles. The predicted octanol–water partition coefficient (Wildman–Crippen LogP) is 3.38. The van der Waals surface area contributed by atoms with Crippen molar-refractivity contribution in [2.75, 3.05) is 13.1 Å². The number of nitrogens with zero attached hydrogens (tertiary/aromatic N) is 1. The van der Waals surface area contributed by atoms with E-state index in [9.17, 15) is 4.79 Å². The number of benzene rings is 1. The molecule has 1 aliphatic heterocycles. The molecular weight excluding hydrogens is 282 g/mol. The molecular formula is C13H16BrNO2. The molecule has 0 atom stereocenters. The molecule has 1 aliphatic rings. The zero-order valence-electron chi connectivity index (χ0n) is 9.60. The monoisotopic (exact) mass is 297 g/mol. The molecule has 1 fully saturated rings. The number of halogens is 1. The van der Waals surface area contributed by atoms with Crippen LogP contribution >= 0.6 is 15.9 Å². The fourth-order valence-electron chi connectivity index (χ4n) is 2.28. The number of hydrogen-bond acceptors (Lipinski definition) is 1. The molecule has 0 saturated carbocycles. The topological polar surface area (TPSA) is 40.5 Å². The largest absolute Gasteiger partial charge is 0.465 e. The van der Waals surface area contributed by atoms with Crippen LogP contribution in [-0.4, -0.2) is 29.2 Å². The summed E-state index contributed by atoms with van der Waals surface area (Å²) in [5.41, 5.74) is 1.34. The first kappa shape index (κ1) is 12.4. The van der Waals surface area contributed by atoms with Crippen LogP contribution in [0.1, 0.15) is 18.4 Å². The number of hydrogen-bond donors (Lipinski definition) is 1. The Labute approximate surface area is 110 Å². The molecule has 0 unspecified atom stereocenters. The maximum Gasteiger partial charge on any atom is 0.407 e. The molecule has 1 amide bonds. The molecule has 0 bridgehead atoms. The van der Waals surface area contributed by atoms with Crippen LogP contribution in [-0.2, 0) is 6.42 Å². The van der Waals surface area contributed by atoms with E-state index >= 15 is 0 Å². The van der Waals surface area contributed by atoms with Crippen molar-refractivity contribution in [2.24, 2.45) is 5.92 Å². The van der Waals surface area contributed by atoms with Crippen LogP contribution in [0.25, 0.3) is 0 Å². The van der Waals surface area contributed by atoms with Crippen molar-refractivity contribution < 1.29 is 9.90 Å². The van der Waals surface area contributed by atoms with Crippen molar-refractivity contribution in [1.29, 1.82) is 0 Å². The third-order valence-corrected chi connectivity index (χ3v) is 3.85. The number of amides is 1. The summed E-state index contributed by atoms with van der Waals surface area (Å²) in [4.78, 5) is 12.3. The van der Waals surface area contributed by atoms with E-state index in [1.807, 2.05) is 0 Å². The Morgan fingerprint density at radius 2 is 1.88 bits per heavy atom. The van der Waals surface area contributed by atoms with E-state index in [0.29, 0.717) is 19.0 Å². The van der Waals surface area contributed by atoms with Gasteiger partial charge < -0.3 is 10.0 Å². The predicted molar refractivity (Wildman–Crippen MR) is 70.2 cm³/mol. The maximum atomic E-state index is 10.8. The van der Waals surface area contributed by atoms with E-state index in [1.165, 1.54) is 10.5 Å². The van der Waals surface area contributed by atoms with Gasteiger partial charge >= 0.3 is 6.09 Å². The molecule has 0 radical (unpaired) electrons. The lowest BCUT2D eigenvalue weighted by Gasteiger charge is -2.30. The van der Waals surface area contributed by atoms with Gasteiger partial charge in [0.2, 0.25) is 0 Å². The van der Waals surface area contributed by atoms with Crippen molar-refractivity contribution in [2.45, 2.75) is 19.3 Å². The van der Waals surface area contributed by atoms with Gasteiger partial charge in [-0.05, 0) is 42.9 Å². The van der Waals surface area contributed by atoms with Crippen LogP contribution in [0.3, 0.4) is 0 Å². The summed E-state index contributed by atoms with van der Waals surface area (Å²) in [6.07, 6.45) is 2.22. The fraction of sp³-hybridized carbons (Fsp3) is 0.462. The van der Waals surface area contributed by atoms with E-state index in [4.69, 9.17) is 5.11 Å². The van der Waals surface area contributed by atoms with Gasteiger partial charge in [-0.25, -0.2) is 4.79 Å². The van der Waals surface area contributed by atoms with E-state index in [-0.39, 0.29) is 0 Å². The summed E-state index contributed by atoms with van der Waals surface area (Å²) in [5, 5.41) is 8.87. The molecule has 1 saturated heterocycles. The van der Waals surface area contributed by atoms with Crippen molar-refractivity contribution in [3.8, 4) is 0 Å². The van der Waals surface area contributed by atoms with Gasteiger partial charge in [0, 0.05) is 17.6 Å². The molecule has 92 valence electrons. The second kappa shape index (κ2) is 5.54. The van der Waals surface area contributed by atoms with E-state index in [0.717, 1.165) is 23.7 Å². The van der Waals surface area contributed by atoms with Gasteiger partial charge in [0.1, 0.15) is 0 Å². The zero-order valence-corrected chi connectivity index (χ0v) is 11.2. The Kier molecular flexibility index (Phi) is 4.05. The number of likely N-dealkylation sites (tertiary alicyclic amines) is 1. The lowest BCUT2D eigenvalue weighted by molar-refractivity contribution is 0.124. The molecule has 2 rings (SSSR count). The Hall–Kier alpha value is -1.03. The number of carbonyl (C=O) groups is 1. The lowest BCUT2D eigenvalue weighted by Crippen LogP contribution is -2.37. The van der Waals surface area contributed by atoms with Crippen molar-refractivity contribution >= 4 is 22.0 Å². The number of piperidine rings is 1. The van der Waals surface area contributed by atoms with E-state index in [2.05, 4.69) is 40.2 Å². The molecule has 3 nitrogen and oxygen atoms in total. The minimum absolute atomic E-state index is 0.617. The van der Waals surface area contributed by atoms with Crippen molar-refractivity contribution in [1.82, 2.24) is 4.90 Å². The van der Waals surface area contributed by atoms with Crippen LogP contribution in [0.5, 0.6) is 0 Å². The number of rotatable bonds is 2. The third kappa shape index (κ3) is 3.46. The van der Waals surface area contributed by atoms with Crippen LogP contribution in [0.15, 0.2) is 28.7 Å². The number of carboxylic acid groups (broad SMARTS) is 1. The van der Waals surface area contributed by atoms with Crippen molar-refractivity contribution in [3.05, 3.63) is 34.3 Å². The van der Waals surface area contributed by atoms with Crippen LogP contribution in [0, 0.1) is 5.92 Å². The normalized spacial score (nSPS) is 17.1. The molecule has 0 aromatic heterocycles. The SMILES string of the molecule is O=C(O)N1CCC(Cc2ccc(Br)cc2)CC1.